The lowest BCUT2D eigenvalue weighted by atomic mass is 10.2. The molecule has 0 fully saturated rings. The Kier molecular flexibility index (Phi) is 7.63. The van der Waals surface area contributed by atoms with Gasteiger partial charge in [0.05, 0.1) is 13.7 Å². The van der Waals surface area contributed by atoms with Crippen molar-refractivity contribution in [2.45, 2.75) is 19.8 Å². The smallest absolute Gasteiger partial charge is 0.306 e. The number of rotatable bonds is 10. The fourth-order valence-electron chi connectivity index (χ4n) is 2.17. The Morgan fingerprint density at radius 1 is 0.880 bits per heavy atom. The molecule has 0 heterocycles. The zero-order chi connectivity index (χ0) is 17.9. The Hall–Kier alpha value is -2.69. The number of hydrogen-bond donors (Lipinski definition) is 0. The van der Waals surface area contributed by atoms with Gasteiger partial charge in [-0.05, 0) is 55.3 Å². The number of hydrogen-bond acceptors (Lipinski definition) is 5. The summed E-state index contributed by atoms with van der Waals surface area (Å²) >= 11 is 0. The van der Waals surface area contributed by atoms with E-state index >= 15 is 0 Å². The Balaban J connectivity index is 1.53. The highest BCUT2D eigenvalue weighted by Crippen LogP contribution is 2.17. The molecule has 0 saturated heterocycles. The van der Waals surface area contributed by atoms with E-state index in [2.05, 4.69) is 0 Å². The third kappa shape index (κ3) is 7.16. The van der Waals surface area contributed by atoms with E-state index in [0.717, 1.165) is 22.8 Å². The third-order valence-corrected chi connectivity index (χ3v) is 3.46. The van der Waals surface area contributed by atoms with Crippen molar-refractivity contribution >= 4 is 5.97 Å². The van der Waals surface area contributed by atoms with Gasteiger partial charge in [-0.15, -0.1) is 0 Å². The molecule has 5 nitrogen and oxygen atoms in total. The average Bonchev–Trinajstić information content (AvgIpc) is 2.63. The second kappa shape index (κ2) is 10.2. The van der Waals surface area contributed by atoms with Crippen LogP contribution in [-0.2, 0) is 9.53 Å². The molecule has 0 bridgehead atoms. The van der Waals surface area contributed by atoms with Gasteiger partial charge < -0.3 is 18.9 Å². The Morgan fingerprint density at radius 2 is 1.60 bits per heavy atom. The van der Waals surface area contributed by atoms with Crippen LogP contribution in [0.4, 0.5) is 0 Å². The van der Waals surface area contributed by atoms with E-state index in [4.69, 9.17) is 18.9 Å². The molecule has 0 saturated carbocycles. The van der Waals surface area contributed by atoms with Crippen molar-refractivity contribution < 1.29 is 23.7 Å². The summed E-state index contributed by atoms with van der Waals surface area (Å²) in [5.74, 6) is 2.07. The summed E-state index contributed by atoms with van der Waals surface area (Å²) < 4.78 is 21.3. The van der Waals surface area contributed by atoms with Crippen LogP contribution in [-0.4, -0.2) is 32.9 Å². The summed E-state index contributed by atoms with van der Waals surface area (Å²) in [6, 6.07) is 15.1. The first-order valence-electron chi connectivity index (χ1n) is 8.29. The minimum absolute atomic E-state index is 0.242. The quantitative estimate of drug-likeness (QED) is 0.485. The van der Waals surface area contributed by atoms with Crippen LogP contribution in [0.15, 0.2) is 48.5 Å². The van der Waals surface area contributed by atoms with E-state index < -0.39 is 0 Å². The van der Waals surface area contributed by atoms with Gasteiger partial charge in [0.25, 0.3) is 0 Å². The van der Waals surface area contributed by atoms with Gasteiger partial charge in [0.15, 0.2) is 0 Å². The zero-order valence-corrected chi connectivity index (χ0v) is 14.7. The molecule has 0 aliphatic heterocycles. The van der Waals surface area contributed by atoms with Crippen molar-refractivity contribution in [3.8, 4) is 17.2 Å². The molecule has 0 atom stereocenters. The maximum atomic E-state index is 11.7. The van der Waals surface area contributed by atoms with Crippen LogP contribution in [0.3, 0.4) is 0 Å². The van der Waals surface area contributed by atoms with Crippen molar-refractivity contribution in [2.24, 2.45) is 0 Å². The minimum atomic E-state index is -0.244. The predicted molar refractivity (Wildman–Crippen MR) is 95.4 cm³/mol. The van der Waals surface area contributed by atoms with Crippen LogP contribution in [0.1, 0.15) is 18.4 Å². The summed E-state index contributed by atoms with van der Waals surface area (Å²) in [6.07, 6.45) is 0.921. The minimum Gasteiger partial charge on any atom is -0.497 e. The van der Waals surface area contributed by atoms with E-state index in [1.54, 1.807) is 7.11 Å². The largest absolute Gasteiger partial charge is 0.497 e. The highest BCUT2D eigenvalue weighted by molar-refractivity contribution is 5.69. The Bertz CT molecular complexity index is 651. The molecule has 134 valence electrons. The van der Waals surface area contributed by atoms with Crippen molar-refractivity contribution in [1.29, 1.82) is 0 Å². The monoisotopic (exact) mass is 344 g/mol. The lowest BCUT2D eigenvalue weighted by Gasteiger charge is -2.09. The first-order valence-corrected chi connectivity index (χ1v) is 8.29. The first-order chi connectivity index (χ1) is 12.2. The summed E-state index contributed by atoms with van der Waals surface area (Å²) in [6.45, 7) is 3.05. The van der Waals surface area contributed by atoms with E-state index in [9.17, 15) is 4.79 Å². The van der Waals surface area contributed by atoms with E-state index in [1.165, 1.54) is 0 Å². The molecule has 0 radical (unpaired) electrons. The van der Waals surface area contributed by atoms with E-state index in [0.29, 0.717) is 26.1 Å². The molecule has 0 aliphatic carbocycles. The number of carbonyl (C=O) groups is 1. The lowest BCUT2D eigenvalue weighted by Crippen LogP contribution is -2.13. The molecule has 25 heavy (non-hydrogen) atoms. The fourth-order valence-corrected chi connectivity index (χ4v) is 2.17. The van der Waals surface area contributed by atoms with Gasteiger partial charge in [0.1, 0.15) is 30.5 Å². The second-order valence-electron chi connectivity index (χ2n) is 5.51. The van der Waals surface area contributed by atoms with E-state index in [-0.39, 0.29) is 12.6 Å². The second-order valence-corrected chi connectivity index (χ2v) is 5.51. The molecular weight excluding hydrogens is 320 g/mol. The number of benzene rings is 2. The molecule has 0 unspecified atom stereocenters. The van der Waals surface area contributed by atoms with Crippen molar-refractivity contribution in [3.05, 3.63) is 54.1 Å². The molecule has 0 spiro atoms. The average molecular weight is 344 g/mol. The topological polar surface area (TPSA) is 54.0 Å². The van der Waals surface area contributed by atoms with Crippen molar-refractivity contribution in [3.63, 3.8) is 0 Å². The third-order valence-electron chi connectivity index (χ3n) is 3.46. The molecule has 2 aromatic rings. The number of carbonyl (C=O) groups excluding carboxylic acids is 1. The summed E-state index contributed by atoms with van der Waals surface area (Å²) in [7, 11) is 1.62. The summed E-state index contributed by atoms with van der Waals surface area (Å²) in [5.41, 5.74) is 1.13. The fraction of sp³-hybridized carbons (Fsp3) is 0.350. The van der Waals surface area contributed by atoms with E-state index in [1.807, 2.05) is 55.5 Å². The van der Waals surface area contributed by atoms with Crippen LogP contribution in [0, 0.1) is 6.92 Å². The van der Waals surface area contributed by atoms with Crippen LogP contribution >= 0.6 is 0 Å². The van der Waals surface area contributed by atoms with Gasteiger partial charge in [0.2, 0.25) is 0 Å². The molecular formula is C20H24O5. The summed E-state index contributed by atoms with van der Waals surface area (Å²) in [4.78, 5) is 11.7. The number of aryl methyl sites for hydroxylation is 1. The molecule has 5 heteroatoms. The summed E-state index contributed by atoms with van der Waals surface area (Å²) in [5, 5.41) is 0. The lowest BCUT2D eigenvalue weighted by molar-refractivity contribution is -0.144. The van der Waals surface area contributed by atoms with Crippen LogP contribution < -0.4 is 14.2 Å². The van der Waals surface area contributed by atoms with Crippen molar-refractivity contribution in [1.82, 2.24) is 0 Å². The van der Waals surface area contributed by atoms with Gasteiger partial charge >= 0.3 is 5.97 Å². The van der Waals surface area contributed by atoms with Crippen LogP contribution in [0.5, 0.6) is 17.2 Å². The molecule has 2 aromatic carbocycles. The highest BCUT2D eigenvalue weighted by Gasteiger charge is 2.04. The standard InChI is InChI=1S/C20H24O5/c1-16-5-3-6-19(15-16)24-13-14-25-20(21)7-4-12-23-18-10-8-17(22-2)9-11-18/h3,5-6,8-11,15H,4,7,12-14H2,1-2H3. The molecule has 0 amide bonds. The normalized spacial score (nSPS) is 10.2. The Morgan fingerprint density at radius 3 is 2.32 bits per heavy atom. The number of methoxy groups -OCH3 is 1. The van der Waals surface area contributed by atoms with Gasteiger partial charge in [-0.25, -0.2) is 0 Å². The molecule has 0 aliphatic rings. The Labute approximate surface area is 148 Å². The SMILES string of the molecule is COc1ccc(OCCCC(=O)OCCOc2cccc(C)c2)cc1. The van der Waals surface area contributed by atoms with Gasteiger partial charge in [-0.2, -0.15) is 0 Å². The maximum Gasteiger partial charge on any atom is 0.306 e. The molecule has 0 aromatic heterocycles. The molecule has 0 N–H and O–H groups in total. The van der Waals surface area contributed by atoms with Crippen LogP contribution in [0.25, 0.3) is 0 Å². The maximum absolute atomic E-state index is 11.7. The van der Waals surface area contributed by atoms with Gasteiger partial charge in [-0.1, -0.05) is 12.1 Å². The number of ether oxygens (including phenoxy) is 4. The van der Waals surface area contributed by atoms with Crippen LogP contribution in [0.2, 0.25) is 0 Å². The number of esters is 1. The van der Waals surface area contributed by atoms with Gasteiger partial charge in [-0.3, -0.25) is 4.79 Å². The zero-order valence-electron chi connectivity index (χ0n) is 14.7. The molecule has 2 rings (SSSR count). The highest BCUT2D eigenvalue weighted by atomic mass is 16.6. The van der Waals surface area contributed by atoms with Gasteiger partial charge in [0, 0.05) is 6.42 Å². The first kappa shape index (κ1) is 18.6. The predicted octanol–water partition coefficient (Wildman–Crippen LogP) is 3.78. The van der Waals surface area contributed by atoms with Crippen molar-refractivity contribution in [2.75, 3.05) is 26.9 Å².